The monoisotopic (exact) mass is 489 g/mol. The Morgan fingerprint density at radius 1 is 1.15 bits per heavy atom. The Morgan fingerprint density at radius 3 is 2.71 bits per heavy atom. The fraction of sp³-hybridized carbons (Fsp3) is 0.318. The molecule has 176 valence electrons. The highest BCUT2D eigenvalue weighted by Crippen LogP contribution is 2.31. The van der Waals surface area contributed by atoms with Gasteiger partial charge in [-0.2, -0.15) is 13.2 Å². The number of carbonyl (C=O) groups is 3. The van der Waals surface area contributed by atoms with Crippen LogP contribution in [-0.2, 0) is 23.8 Å². The first-order valence-electron chi connectivity index (χ1n) is 10.3. The maximum absolute atomic E-state index is 12.9. The predicted molar refractivity (Wildman–Crippen MR) is 116 cm³/mol. The van der Waals surface area contributed by atoms with Crippen molar-refractivity contribution in [3.8, 4) is 0 Å². The lowest BCUT2D eigenvalue weighted by Gasteiger charge is -2.17. The number of aromatic nitrogens is 4. The van der Waals surface area contributed by atoms with E-state index in [1.807, 2.05) is 0 Å². The molecule has 4 heterocycles. The van der Waals surface area contributed by atoms with Gasteiger partial charge >= 0.3 is 6.18 Å². The first kappa shape index (κ1) is 23.6. The minimum absolute atomic E-state index is 0.0126. The number of amides is 1. The molecule has 0 aromatic carbocycles. The Morgan fingerprint density at radius 2 is 1.94 bits per heavy atom. The normalized spacial score (nSPS) is 14.3. The zero-order valence-corrected chi connectivity index (χ0v) is 18.7. The van der Waals surface area contributed by atoms with Gasteiger partial charge < -0.3 is 5.32 Å². The molecule has 8 nitrogen and oxygen atoms in total. The van der Waals surface area contributed by atoms with Crippen LogP contribution in [0.5, 0.6) is 0 Å². The number of fused-ring (bicyclic) bond motifs is 1. The summed E-state index contributed by atoms with van der Waals surface area (Å²) >= 11 is 1.09. The van der Waals surface area contributed by atoms with Crippen LogP contribution in [0, 0.1) is 0 Å². The van der Waals surface area contributed by atoms with Gasteiger partial charge in [-0.1, -0.05) is 6.92 Å². The molecule has 1 aliphatic heterocycles. The van der Waals surface area contributed by atoms with Gasteiger partial charge in [0.15, 0.2) is 11.6 Å². The first-order valence-corrected chi connectivity index (χ1v) is 11.1. The van der Waals surface area contributed by atoms with Crippen LogP contribution in [0.3, 0.4) is 0 Å². The van der Waals surface area contributed by atoms with Crippen molar-refractivity contribution in [2.75, 3.05) is 5.32 Å². The summed E-state index contributed by atoms with van der Waals surface area (Å²) in [4.78, 5) is 53.5. The van der Waals surface area contributed by atoms with Crippen LogP contribution < -0.4 is 5.32 Å². The van der Waals surface area contributed by atoms with E-state index in [1.54, 1.807) is 6.92 Å². The van der Waals surface area contributed by atoms with Gasteiger partial charge in [-0.05, 0) is 18.6 Å². The minimum atomic E-state index is -4.52. The lowest BCUT2D eigenvalue weighted by Crippen LogP contribution is -2.23. The van der Waals surface area contributed by atoms with Gasteiger partial charge in [-0.25, -0.2) is 15.0 Å². The average Bonchev–Trinajstić information content (AvgIpc) is 3.29. The fourth-order valence-electron chi connectivity index (χ4n) is 3.54. The molecule has 12 heteroatoms. The van der Waals surface area contributed by atoms with Crippen molar-refractivity contribution < 1.29 is 27.6 Å². The van der Waals surface area contributed by atoms with Crippen LogP contribution >= 0.6 is 11.3 Å². The number of anilines is 1. The molecule has 1 amide bonds. The predicted octanol–water partition coefficient (Wildman–Crippen LogP) is 4.03. The lowest BCUT2D eigenvalue weighted by atomic mass is 9.97. The maximum atomic E-state index is 12.9. The third kappa shape index (κ3) is 5.16. The maximum Gasteiger partial charge on any atom is 0.416 e. The first-order chi connectivity index (χ1) is 16.1. The van der Waals surface area contributed by atoms with Gasteiger partial charge in [0.25, 0.3) is 0 Å². The highest BCUT2D eigenvalue weighted by Gasteiger charge is 2.31. The molecule has 0 aliphatic carbocycles. The molecule has 0 saturated heterocycles. The zero-order chi connectivity index (χ0) is 24.5. The standard InChI is InChI=1S/C22H18F3N5O3S/c1-11(6-16(32)19-14-2-3-18(33)30-20(14)29-10-28-19)21-27-9-17(34-21)15(31)8-13-7-12(4-5-26-13)22(23,24)25/h4-5,7,9-11H,2-3,6,8H2,1H3,(H,28,29,30,33)/t11-/m0/s1. The Balaban J connectivity index is 1.43. The number of carbonyl (C=O) groups excluding carboxylic acids is 3. The molecular weight excluding hydrogens is 471 g/mol. The van der Waals surface area contributed by atoms with E-state index >= 15 is 0 Å². The van der Waals surface area contributed by atoms with E-state index < -0.39 is 17.5 Å². The van der Waals surface area contributed by atoms with Crippen LogP contribution in [0.2, 0.25) is 0 Å². The molecule has 3 aromatic rings. The number of nitrogens with zero attached hydrogens (tertiary/aromatic N) is 4. The summed E-state index contributed by atoms with van der Waals surface area (Å²) in [6, 6.07) is 1.70. The number of hydrogen-bond donors (Lipinski definition) is 1. The van der Waals surface area contributed by atoms with Crippen LogP contribution in [0.15, 0.2) is 30.9 Å². The lowest BCUT2D eigenvalue weighted by molar-refractivity contribution is -0.137. The molecule has 1 atom stereocenters. The van der Waals surface area contributed by atoms with Gasteiger partial charge in [-0.15, -0.1) is 11.3 Å². The molecule has 1 aliphatic rings. The van der Waals surface area contributed by atoms with E-state index in [0.29, 0.717) is 22.8 Å². The third-order valence-corrected chi connectivity index (χ3v) is 6.54. The smallest absolute Gasteiger partial charge is 0.310 e. The molecule has 3 aromatic heterocycles. The van der Waals surface area contributed by atoms with Gasteiger partial charge in [0.05, 0.1) is 21.9 Å². The second kappa shape index (κ2) is 9.37. The van der Waals surface area contributed by atoms with Crippen molar-refractivity contribution in [3.63, 3.8) is 0 Å². The molecule has 0 fully saturated rings. The van der Waals surface area contributed by atoms with E-state index in [4.69, 9.17) is 0 Å². The van der Waals surface area contributed by atoms with Crippen LogP contribution in [0.4, 0.5) is 19.0 Å². The van der Waals surface area contributed by atoms with Gasteiger partial charge in [0, 0.05) is 42.4 Å². The Bertz CT molecular complexity index is 1270. The van der Waals surface area contributed by atoms with Gasteiger partial charge in [0.1, 0.15) is 17.8 Å². The number of nitrogens with one attached hydrogen (secondary N) is 1. The number of halogens is 3. The zero-order valence-electron chi connectivity index (χ0n) is 17.8. The van der Waals surface area contributed by atoms with Crippen molar-refractivity contribution in [2.45, 2.75) is 44.7 Å². The van der Waals surface area contributed by atoms with E-state index in [2.05, 4.69) is 25.3 Å². The van der Waals surface area contributed by atoms with Crippen molar-refractivity contribution in [1.29, 1.82) is 0 Å². The molecule has 4 rings (SSSR count). The van der Waals surface area contributed by atoms with E-state index in [1.165, 1.54) is 12.5 Å². The highest BCUT2D eigenvalue weighted by atomic mass is 32.1. The number of alkyl halides is 3. The Labute approximate surface area is 195 Å². The average molecular weight is 489 g/mol. The SMILES string of the molecule is C[C@@H](CC(=O)c1ncnc2c1CCC(=O)N2)c1ncc(C(=O)Cc2cc(C(F)(F)F)ccn2)s1. The second-order valence-electron chi connectivity index (χ2n) is 7.82. The van der Waals surface area contributed by atoms with E-state index in [9.17, 15) is 27.6 Å². The molecule has 0 radical (unpaired) electrons. The largest absolute Gasteiger partial charge is 0.416 e. The number of rotatable bonds is 7. The Hall–Kier alpha value is -3.54. The molecule has 0 saturated carbocycles. The third-order valence-electron chi connectivity index (χ3n) is 5.27. The van der Waals surface area contributed by atoms with Crippen molar-refractivity contribution >= 4 is 34.6 Å². The Kier molecular flexibility index (Phi) is 6.51. The number of ketones is 2. The van der Waals surface area contributed by atoms with Gasteiger partial charge in [0.2, 0.25) is 5.91 Å². The molecule has 0 spiro atoms. The summed E-state index contributed by atoms with van der Waals surface area (Å²) < 4.78 is 38.6. The molecule has 1 N–H and O–H groups in total. The van der Waals surface area contributed by atoms with Crippen molar-refractivity contribution in [3.05, 3.63) is 63.3 Å². The highest BCUT2D eigenvalue weighted by molar-refractivity contribution is 7.13. The topological polar surface area (TPSA) is 115 Å². The van der Waals surface area contributed by atoms with E-state index in [0.717, 1.165) is 29.7 Å². The summed E-state index contributed by atoms with van der Waals surface area (Å²) in [5, 5.41) is 3.18. The quantitative estimate of drug-likeness (QED) is 0.498. The van der Waals surface area contributed by atoms with E-state index in [-0.39, 0.29) is 53.1 Å². The van der Waals surface area contributed by atoms with Crippen LogP contribution in [-0.4, -0.2) is 37.4 Å². The summed E-state index contributed by atoms with van der Waals surface area (Å²) in [6.07, 6.45) is -0.510. The van der Waals surface area contributed by atoms with Crippen LogP contribution in [0.1, 0.15) is 67.7 Å². The number of hydrogen-bond acceptors (Lipinski definition) is 8. The molecule has 0 unspecified atom stereocenters. The summed E-state index contributed by atoms with van der Waals surface area (Å²) in [5.41, 5.74) is -0.00393. The number of Topliss-reactive ketones (excluding diaryl/α,β-unsaturated/α-hetero) is 2. The molecule has 0 bridgehead atoms. The van der Waals surface area contributed by atoms with Crippen molar-refractivity contribution in [2.24, 2.45) is 0 Å². The minimum Gasteiger partial charge on any atom is -0.310 e. The number of thiazole rings is 1. The summed E-state index contributed by atoms with van der Waals surface area (Å²) in [6.45, 7) is 1.79. The fourth-order valence-corrected chi connectivity index (χ4v) is 4.45. The molecule has 34 heavy (non-hydrogen) atoms. The molecular formula is C22H18F3N5O3S. The summed E-state index contributed by atoms with van der Waals surface area (Å²) in [5.74, 6) is -0.798. The van der Waals surface area contributed by atoms with Crippen LogP contribution in [0.25, 0.3) is 0 Å². The van der Waals surface area contributed by atoms with Gasteiger partial charge in [-0.3, -0.25) is 19.4 Å². The second-order valence-corrected chi connectivity index (χ2v) is 8.88. The summed E-state index contributed by atoms with van der Waals surface area (Å²) in [7, 11) is 0. The number of pyridine rings is 1. The van der Waals surface area contributed by atoms with Crippen molar-refractivity contribution in [1.82, 2.24) is 19.9 Å².